The van der Waals surface area contributed by atoms with Crippen LogP contribution in [-0.4, -0.2) is 41.6 Å². The third-order valence-corrected chi connectivity index (χ3v) is 6.13. The van der Waals surface area contributed by atoms with Gasteiger partial charge in [0.15, 0.2) is 5.78 Å². The van der Waals surface area contributed by atoms with Crippen LogP contribution in [-0.2, 0) is 14.4 Å². The number of halogens is 1. The molecule has 1 aliphatic carbocycles. The predicted octanol–water partition coefficient (Wildman–Crippen LogP) is 3.02. The number of rotatable bonds is 3. The molecule has 5 rings (SSSR count). The molecule has 1 atom stereocenters. The summed E-state index contributed by atoms with van der Waals surface area (Å²) in [5, 5.41) is 3.25. The summed E-state index contributed by atoms with van der Waals surface area (Å²) in [5.74, 6) is -0.663. The monoisotopic (exact) mass is 431 g/mol. The molecule has 2 heterocycles. The van der Waals surface area contributed by atoms with Crippen molar-refractivity contribution in [3.63, 3.8) is 0 Å². The molecule has 162 valence electrons. The van der Waals surface area contributed by atoms with Crippen molar-refractivity contribution in [1.82, 2.24) is 10.2 Å². The first-order chi connectivity index (χ1) is 15.5. The van der Waals surface area contributed by atoms with E-state index in [-0.39, 0.29) is 23.8 Å². The topological polar surface area (TPSA) is 69.7 Å². The van der Waals surface area contributed by atoms with Crippen LogP contribution in [0.3, 0.4) is 0 Å². The lowest BCUT2D eigenvalue weighted by molar-refractivity contribution is -0.122. The summed E-state index contributed by atoms with van der Waals surface area (Å²) >= 11 is 0. The van der Waals surface area contributed by atoms with E-state index in [2.05, 4.69) is 5.32 Å². The van der Waals surface area contributed by atoms with Crippen LogP contribution in [0.1, 0.15) is 24.8 Å². The van der Waals surface area contributed by atoms with E-state index in [0.717, 1.165) is 16.0 Å². The summed E-state index contributed by atoms with van der Waals surface area (Å²) < 4.78 is 13.7. The number of nitrogens with one attached hydrogen (secondary N) is 1. The number of allylic oxidation sites excluding steroid dienone is 2. The fourth-order valence-electron chi connectivity index (χ4n) is 4.64. The molecular weight excluding hydrogens is 409 g/mol. The highest BCUT2D eigenvalue weighted by Crippen LogP contribution is 2.34. The minimum absolute atomic E-state index is 0.00525. The van der Waals surface area contributed by atoms with Crippen molar-refractivity contribution >= 4 is 29.4 Å². The van der Waals surface area contributed by atoms with E-state index in [4.69, 9.17) is 0 Å². The third kappa shape index (κ3) is 3.49. The van der Waals surface area contributed by atoms with Crippen molar-refractivity contribution in [2.24, 2.45) is 0 Å². The standard InChI is InChI=1S/C25H22FN3O3/c26-18-7-4-8-19(14-18)29-22(30)15-21(25(29)32)28-12-11-27-24(28)20-10-9-17(23(20)31)13-16-5-2-1-3-6-16/h1-8,13-14,21,27H,9-12,15H2/b17-13+,24-20+. The summed E-state index contributed by atoms with van der Waals surface area (Å²) in [7, 11) is 0. The maximum Gasteiger partial charge on any atom is 0.257 e. The zero-order chi connectivity index (χ0) is 22.2. The van der Waals surface area contributed by atoms with Gasteiger partial charge >= 0.3 is 0 Å². The Morgan fingerprint density at radius 1 is 1.00 bits per heavy atom. The van der Waals surface area contributed by atoms with Crippen molar-refractivity contribution in [2.75, 3.05) is 18.0 Å². The summed E-state index contributed by atoms with van der Waals surface area (Å²) in [5.41, 5.74) is 2.59. The number of anilines is 1. The molecule has 1 N–H and O–H groups in total. The quantitative estimate of drug-likeness (QED) is 0.598. The summed E-state index contributed by atoms with van der Waals surface area (Å²) in [6.45, 7) is 1.10. The molecule has 0 aromatic heterocycles. The van der Waals surface area contributed by atoms with Crippen LogP contribution in [0.2, 0.25) is 0 Å². The van der Waals surface area contributed by atoms with Crippen LogP contribution < -0.4 is 10.2 Å². The fraction of sp³-hybridized carbons (Fsp3) is 0.240. The minimum atomic E-state index is -0.710. The Kier molecular flexibility index (Phi) is 5.09. The lowest BCUT2D eigenvalue weighted by Crippen LogP contribution is -2.41. The van der Waals surface area contributed by atoms with Crippen molar-refractivity contribution in [3.8, 4) is 0 Å². The SMILES string of the molecule is O=C1/C(=C/c2ccccc2)CC/C1=C1/NCCN1C1CC(=O)N(c2cccc(F)c2)C1=O. The molecule has 3 aliphatic rings. The van der Waals surface area contributed by atoms with Gasteiger partial charge in [0.05, 0.1) is 12.1 Å². The van der Waals surface area contributed by atoms with Gasteiger partial charge in [-0.25, -0.2) is 9.29 Å². The molecular formula is C25H22FN3O3. The van der Waals surface area contributed by atoms with Crippen LogP contribution in [0.4, 0.5) is 10.1 Å². The van der Waals surface area contributed by atoms with E-state index in [9.17, 15) is 18.8 Å². The summed E-state index contributed by atoms with van der Waals surface area (Å²) in [6.07, 6.45) is 3.12. The van der Waals surface area contributed by atoms with Crippen molar-refractivity contribution in [1.29, 1.82) is 0 Å². The second kappa shape index (κ2) is 8.07. The third-order valence-electron chi connectivity index (χ3n) is 6.13. The molecule has 0 bridgehead atoms. The van der Waals surface area contributed by atoms with Gasteiger partial charge in [-0.15, -0.1) is 0 Å². The Morgan fingerprint density at radius 3 is 2.59 bits per heavy atom. The normalized spacial score (nSPS) is 24.7. The van der Waals surface area contributed by atoms with E-state index in [1.807, 2.05) is 41.3 Å². The predicted molar refractivity (Wildman–Crippen MR) is 118 cm³/mol. The van der Waals surface area contributed by atoms with E-state index < -0.39 is 17.8 Å². The molecule has 32 heavy (non-hydrogen) atoms. The van der Waals surface area contributed by atoms with Crippen LogP contribution in [0, 0.1) is 5.82 Å². The number of imide groups is 1. The Bertz CT molecular complexity index is 1170. The summed E-state index contributed by atoms with van der Waals surface area (Å²) in [4.78, 5) is 41.8. The first-order valence-electron chi connectivity index (χ1n) is 10.7. The number of hydrogen-bond acceptors (Lipinski definition) is 5. The van der Waals surface area contributed by atoms with Crippen LogP contribution in [0.25, 0.3) is 6.08 Å². The first-order valence-corrected chi connectivity index (χ1v) is 10.7. The Balaban J connectivity index is 1.42. The Hall–Kier alpha value is -3.74. The lowest BCUT2D eigenvalue weighted by atomic mass is 10.1. The van der Waals surface area contributed by atoms with E-state index in [1.165, 1.54) is 18.2 Å². The zero-order valence-electron chi connectivity index (χ0n) is 17.4. The maximum absolute atomic E-state index is 13.7. The molecule has 7 heteroatoms. The van der Waals surface area contributed by atoms with Gasteiger partial charge in [0.2, 0.25) is 5.91 Å². The largest absolute Gasteiger partial charge is 0.370 e. The number of amides is 2. The van der Waals surface area contributed by atoms with E-state index >= 15 is 0 Å². The highest BCUT2D eigenvalue weighted by Gasteiger charge is 2.45. The lowest BCUT2D eigenvalue weighted by Gasteiger charge is -2.26. The fourth-order valence-corrected chi connectivity index (χ4v) is 4.64. The van der Waals surface area contributed by atoms with Gasteiger partial charge in [-0.1, -0.05) is 36.4 Å². The average Bonchev–Trinajstić information content (AvgIpc) is 3.47. The second-order valence-corrected chi connectivity index (χ2v) is 8.12. The number of carbonyl (C=O) groups excluding carboxylic acids is 3. The second-order valence-electron chi connectivity index (χ2n) is 8.12. The van der Waals surface area contributed by atoms with Crippen LogP contribution in [0.5, 0.6) is 0 Å². The van der Waals surface area contributed by atoms with Gasteiger partial charge in [0.25, 0.3) is 5.91 Å². The molecule has 0 spiro atoms. The smallest absolute Gasteiger partial charge is 0.257 e. The maximum atomic E-state index is 13.7. The highest BCUT2D eigenvalue weighted by molar-refractivity contribution is 6.22. The van der Waals surface area contributed by atoms with Gasteiger partial charge < -0.3 is 10.2 Å². The van der Waals surface area contributed by atoms with Gasteiger partial charge in [0, 0.05) is 24.2 Å². The highest BCUT2D eigenvalue weighted by atomic mass is 19.1. The van der Waals surface area contributed by atoms with Gasteiger partial charge in [-0.05, 0) is 42.7 Å². The van der Waals surface area contributed by atoms with Gasteiger partial charge in [-0.3, -0.25) is 14.4 Å². The number of hydrogen-bond donors (Lipinski definition) is 1. The molecule has 6 nitrogen and oxygen atoms in total. The zero-order valence-corrected chi connectivity index (χ0v) is 17.4. The molecule has 3 fully saturated rings. The number of nitrogens with zero attached hydrogens (tertiary/aromatic N) is 2. The van der Waals surface area contributed by atoms with Gasteiger partial charge in [0.1, 0.15) is 17.7 Å². The van der Waals surface area contributed by atoms with E-state index in [1.54, 1.807) is 6.07 Å². The molecule has 2 aromatic carbocycles. The molecule has 1 saturated carbocycles. The number of carbonyl (C=O) groups is 3. The van der Waals surface area contributed by atoms with Crippen molar-refractivity contribution in [2.45, 2.75) is 25.3 Å². The Morgan fingerprint density at radius 2 is 1.81 bits per heavy atom. The van der Waals surface area contributed by atoms with E-state index in [0.29, 0.717) is 37.3 Å². The molecule has 2 saturated heterocycles. The van der Waals surface area contributed by atoms with Crippen molar-refractivity contribution in [3.05, 3.63) is 82.9 Å². The minimum Gasteiger partial charge on any atom is -0.370 e. The first kappa shape index (κ1) is 20.2. The number of benzene rings is 2. The number of Topliss-reactive ketones (excluding diaryl/α,β-unsaturated/α-hetero) is 1. The summed E-state index contributed by atoms with van der Waals surface area (Å²) in [6, 6.07) is 14.5. The molecule has 0 radical (unpaired) electrons. The molecule has 2 aromatic rings. The average molecular weight is 431 g/mol. The van der Waals surface area contributed by atoms with Gasteiger partial charge in [-0.2, -0.15) is 0 Å². The molecule has 2 aliphatic heterocycles. The number of ketones is 1. The van der Waals surface area contributed by atoms with Crippen LogP contribution in [0.15, 0.2) is 71.6 Å². The Labute approximate surface area is 185 Å². The molecule has 2 amide bonds. The van der Waals surface area contributed by atoms with Crippen molar-refractivity contribution < 1.29 is 18.8 Å². The van der Waals surface area contributed by atoms with Crippen LogP contribution >= 0.6 is 0 Å². The molecule has 1 unspecified atom stereocenters.